The van der Waals surface area contributed by atoms with E-state index in [0.717, 1.165) is 30.8 Å². The highest BCUT2D eigenvalue weighted by atomic mass is 32.2. The molecule has 0 saturated carbocycles. The van der Waals surface area contributed by atoms with Gasteiger partial charge in [-0.3, -0.25) is 4.79 Å². The van der Waals surface area contributed by atoms with Crippen molar-refractivity contribution in [1.82, 2.24) is 25.1 Å². The molecule has 3 rings (SSSR count). The fourth-order valence-electron chi connectivity index (χ4n) is 2.96. The van der Waals surface area contributed by atoms with E-state index in [9.17, 15) is 4.79 Å². The van der Waals surface area contributed by atoms with Crippen LogP contribution in [0.4, 0.5) is 0 Å². The lowest BCUT2D eigenvalue weighted by atomic mass is 10.0. The number of carbonyl (C=O) groups is 1. The molecule has 1 aromatic carbocycles. The minimum Gasteiger partial charge on any atom is -0.494 e. The molecule has 8 heteroatoms. The topological polar surface area (TPSA) is 73.1 Å². The van der Waals surface area contributed by atoms with Gasteiger partial charge in [-0.25, -0.2) is 0 Å². The lowest BCUT2D eigenvalue weighted by Crippen LogP contribution is -2.42. The normalized spacial score (nSPS) is 17.5. The quantitative estimate of drug-likeness (QED) is 0.736. The van der Waals surface area contributed by atoms with Gasteiger partial charge in [0.2, 0.25) is 11.1 Å². The molecule has 134 valence electrons. The van der Waals surface area contributed by atoms with Crippen molar-refractivity contribution in [3.05, 3.63) is 24.3 Å². The summed E-state index contributed by atoms with van der Waals surface area (Å²) in [6.07, 6.45) is 3.37. The molecule has 1 aliphatic rings. The molecule has 2 aromatic rings. The van der Waals surface area contributed by atoms with Crippen LogP contribution < -0.4 is 4.74 Å². The first-order valence-electron chi connectivity index (χ1n) is 8.63. The van der Waals surface area contributed by atoms with Crippen molar-refractivity contribution in [3.8, 4) is 11.4 Å². The first-order chi connectivity index (χ1) is 12.2. The second kappa shape index (κ2) is 8.33. The summed E-state index contributed by atoms with van der Waals surface area (Å²) in [5.74, 6) is 1.31. The molecule has 1 unspecified atom stereocenters. The van der Waals surface area contributed by atoms with Gasteiger partial charge in [-0.2, -0.15) is 4.68 Å². The Morgan fingerprint density at radius 3 is 2.84 bits per heavy atom. The summed E-state index contributed by atoms with van der Waals surface area (Å²) in [5, 5.41) is 12.4. The fourth-order valence-corrected chi connectivity index (χ4v) is 3.74. The summed E-state index contributed by atoms with van der Waals surface area (Å²) in [4.78, 5) is 14.5. The van der Waals surface area contributed by atoms with Gasteiger partial charge in [0.25, 0.3) is 0 Å². The van der Waals surface area contributed by atoms with Gasteiger partial charge in [0, 0.05) is 12.6 Å². The van der Waals surface area contributed by atoms with Crippen LogP contribution >= 0.6 is 11.8 Å². The molecule has 0 bridgehead atoms. The highest BCUT2D eigenvalue weighted by Gasteiger charge is 2.23. The molecule has 0 aliphatic carbocycles. The van der Waals surface area contributed by atoms with E-state index in [2.05, 4.69) is 22.4 Å². The summed E-state index contributed by atoms with van der Waals surface area (Å²) in [6, 6.07) is 7.90. The Kier molecular flexibility index (Phi) is 5.91. The summed E-state index contributed by atoms with van der Waals surface area (Å²) in [7, 11) is 0. The number of amides is 1. The van der Waals surface area contributed by atoms with Crippen LogP contribution in [0.2, 0.25) is 0 Å². The number of piperidine rings is 1. The van der Waals surface area contributed by atoms with Crippen molar-refractivity contribution in [2.75, 3.05) is 18.9 Å². The maximum Gasteiger partial charge on any atom is 0.233 e. The summed E-state index contributed by atoms with van der Waals surface area (Å²) < 4.78 is 7.09. The molecule has 7 nitrogen and oxygen atoms in total. The largest absolute Gasteiger partial charge is 0.494 e. The van der Waals surface area contributed by atoms with Gasteiger partial charge in [0.15, 0.2) is 0 Å². The van der Waals surface area contributed by atoms with Gasteiger partial charge in [-0.05, 0) is 67.8 Å². The lowest BCUT2D eigenvalue weighted by molar-refractivity contribution is -0.131. The maximum atomic E-state index is 12.5. The SMILES string of the molecule is CCOc1ccc(-n2nnnc2SCC(=O)N2CCCCC2C)cc1. The van der Waals surface area contributed by atoms with Crippen molar-refractivity contribution in [2.24, 2.45) is 0 Å². The zero-order valence-electron chi connectivity index (χ0n) is 14.6. The smallest absolute Gasteiger partial charge is 0.233 e. The molecule has 0 spiro atoms. The van der Waals surface area contributed by atoms with E-state index in [1.807, 2.05) is 36.1 Å². The van der Waals surface area contributed by atoms with Crippen molar-refractivity contribution >= 4 is 17.7 Å². The zero-order chi connectivity index (χ0) is 17.6. The number of benzene rings is 1. The monoisotopic (exact) mass is 361 g/mol. The van der Waals surface area contributed by atoms with Crippen molar-refractivity contribution < 1.29 is 9.53 Å². The molecule has 1 saturated heterocycles. The number of hydrogen-bond donors (Lipinski definition) is 0. The number of carbonyl (C=O) groups excluding carboxylic acids is 1. The maximum absolute atomic E-state index is 12.5. The number of hydrogen-bond acceptors (Lipinski definition) is 6. The molecule has 1 aromatic heterocycles. The zero-order valence-corrected chi connectivity index (χ0v) is 15.4. The summed E-state index contributed by atoms with van der Waals surface area (Å²) in [6.45, 7) is 5.54. The Balaban J connectivity index is 1.64. The molecular formula is C17H23N5O2S. The number of thioether (sulfide) groups is 1. The van der Waals surface area contributed by atoms with Gasteiger partial charge in [-0.15, -0.1) is 5.10 Å². The fraction of sp³-hybridized carbons (Fsp3) is 0.529. The van der Waals surface area contributed by atoms with Crippen LogP contribution in [-0.2, 0) is 4.79 Å². The molecule has 25 heavy (non-hydrogen) atoms. The molecule has 0 N–H and O–H groups in total. The molecule has 1 fully saturated rings. The molecule has 0 radical (unpaired) electrons. The lowest BCUT2D eigenvalue weighted by Gasteiger charge is -2.33. The predicted octanol–water partition coefficient (Wildman–Crippen LogP) is 2.55. The molecule has 1 amide bonds. The number of ether oxygens (including phenoxy) is 1. The van der Waals surface area contributed by atoms with E-state index in [0.29, 0.717) is 23.6 Å². The minimum atomic E-state index is 0.151. The Hall–Kier alpha value is -2.09. The first-order valence-corrected chi connectivity index (χ1v) is 9.61. The highest BCUT2D eigenvalue weighted by molar-refractivity contribution is 7.99. The Morgan fingerprint density at radius 1 is 1.32 bits per heavy atom. The number of likely N-dealkylation sites (tertiary alicyclic amines) is 1. The van der Waals surface area contributed by atoms with E-state index >= 15 is 0 Å². The van der Waals surface area contributed by atoms with Crippen LogP contribution in [0.1, 0.15) is 33.1 Å². The van der Waals surface area contributed by atoms with Gasteiger partial charge in [0.05, 0.1) is 18.0 Å². The van der Waals surface area contributed by atoms with E-state index in [1.165, 1.54) is 18.2 Å². The standard InChI is InChI=1S/C17H23N5O2S/c1-3-24-15-9-7-14(8-10-15)22-17(18-19-20-22)25-12-16(23)21-11-5-4-6-13(21)2/h7-10,13H,3-6,11-12H2,1-2H3. The second-order valence-corrected chi connectivity index (χ2v) is 6.96. The number of tetrazole rings is 1. The van der Waals surface area contributed by atoms with Gasteiger partial charge in [0.1, 0.15) is 5.75 Å². The molecule has 2 heterocycles. The van der Waals surface area contributed by atoms with Crippen molar-refractivity contribution in [3.63, 3.8) is 0 Å². The van der Waals surface area contributed by atoms with Gasteiger partial charge < -0.3 is 9.64 Å². The summed E-state index contributed by atoms with van der Waals surface area (Å²) in [5.41, 5.74) is 0.842. The second-order valence-electron chi connectivity index (χ2n) is 6.02. The Bertz CT molecular complexity index is 703. The highest BCUT2D eigenvalue weighted by Crippen LogP contribution is 2.22. The summed E-state index contributed by atoms with van der Waals surface area (Å²) >= 11 is 1.37. The van der Waals surface area contributed by atoms with E-state index in [4.69, 9.17) is 4.74 Å². The first kappa shape index (κ1) is 17.7. The van der Waals surface area contributed by atoms with Crippen LogP contribution in [0.5, 0.6) is 5.75 Å². The number of rotatable bonds is 6. The Labute approximate surface area is 151 Å². The third kappa shape index (κ3) is 4.31. The molecule has 1 atom stereocenters. The number of aromatic nitrogens is 4. The van der Waals surface area contributed by atoms with Crippen molar-refractivity contribution in [1.29, 1.82) is 0 Å². The predicted molar refractivity (Wildman–Crippen MR) is 96.1 cm³/mol. The van der Waals surface area contributed by atoms with Gasteiger partial charge >= 0.3 is 0 Å². The van der Waals surface area contributed by atoms with E-state index < -0.39 is 0 Å². The van der Waals surface area contributed by atoms with Crippen LogP contribution in [0, 0.1) is 0 Å². The van der Waals surface area contributed by atoms with Crippen LogP contribution in [0.25, 0.3) is 5.69 Å². The van der Waals surface area contributed by atoms with Crippen LogP contribution in [0.15, 0.2) is 29.4 Å². The van der Waals surface area contributed by atoms with E-state index in [1.54, 1.807) is 4.68 Å². The molecular weight excluding hydrogens is 338 g/mol. The molecule has 1 aliphatic heterocycles. The minimum absolute atomic E-state index is 0.151. The number of nitrogens with zero attached hydrogens (tertiary/aromatic N) is 5. The Morgan fingerprint density at radius 2 is 2.12 bits per heavy atom. The van der Waals surface area contributed by atoms with Crippen LogP contribution in [0.3, 0.4) is 0 Å². The average molecular weight is 361 g/mol. The third-order valence-electron chi connectivity index (χ3n) is 4.28. The average Bonchev–Trinajstić information content (AvgIpc) is 3.09. The third-order valence-corrected chi connectivity index (χ3v) is 5.19. The van der Waals surface area contributed by atoms with Gasteiger partial charge in [-0.1, -0.05) is 11.8 Å². The van der Waals surface area contributed by atoms with Crippen LogP contribution in [-0.4, -0.2) is 56.0 Å². The van der Waals surface area contributed by atoms with E-state index in [-0.39, 0.29) is 5.91 Å². The van der Waals surface area contributed by atoms with Crippen molar-refractivity contribution in [2.45, 2.75) is 44.3 Å².